The molecule has 16 heavy (non-hydrogen) atoms. The highest BCUT2D eigenvalue weighted by atomic mass is 32.1. The van der Waals surface area contributed by atoms with Crippen molar-refractivity contribution in [2.75, 3.05) is 25.6 Å². The number of anilines is 1. The van der Waals surface area contributed by atoms with Crippen LogP contribution in [0.1, 0.15) is 11.3 Å². The molecule has 0 amide bonds. The Morgan fingerprint density at radius 3 is 2.81 bits per heavy atom. The molecule has 1 aromatic heterocycles. The van der Waals surface area contributed by atoms with Gasteiger partial charge in [-0.3, -0.25) is 0 Å². The highest BCUT2D eigenvalue weighted by Crippen LogP contribution is 2.08. The first-order valence-corrected chi connectivity index (χ1v) is 5.51. The van der Waals surface area contributed by atoms with Crippen LogP contribution in [0.3, 0.4) is 0 Å². The van der Waals surface area contributed by atoms with Gasteiger partial charge in [-0.15, -0.1) is 0 Å². The fourth-order valence-corrected chi connectivity index (χ4v) is 1.54. The topological polar surface area (TPSA) is 46.2 Å². The summed E-state index contributed by atoms with van der Waals surface area (Å²) >= 11 is 5.12. The van der Waals surface area contributed by atoms with Crippen LogP contribution in [0.15, 0.2) is 12.1 Å². The van der Waals surface area contributed by atoms with Crippen molar-refractivity contribution < 1.29 is 4.74 Å². The van der Waals surface area contributed by atoms with Gasteiger partial charge in [0.1, 0.15) is 5.82 Å². The molecule has 0 aromatic carbocycles. The summed E-state index contributed by atoms with van der Waals surface area (Å²) in [5.41, 5.74) is 2.14. The molecule has 0 radical (unpaired) electrons. The number of aromatic nitrogens is 1. The van der Waals surface area contributed by atoms with Crippen LogP contribution >= 0.6 is 12.2 Å². The molecule has 2 N–H and O–H groups in total. The Morgan fingerprint density at radius 1 is 1.44 bits per heavy atom. The van der Waals surface area contributed by atoms with Crippen molar-refractivity contribution in [2.45, 2.75) is 13.8 Å². The number of methoxy groups -OCH3 is 1. The third-order valence-corrected chi connectivity index (χ3v) is 2.18. The zero-order valence-corrected chi connectivity index (χ0v) is 10.6. The number of hydrogen-bond donors (Lipinski definition) is 2. The normalized spacial score (nSPS) is 9.94. The van der Waals surface area contributed by atoms with E-state index >= 15 is 0 Å². The summed E-state index contributed by atoms with van der Waals surface area (Å²) in [5, 5.41) is 6.63. The summed E-state index contributed by atoms with van der Waals surface area (Å²) in [5.74, 6) is 0.771. The van der Waals surface area contributed by atoms with E-state index in [1.54, 1.807) is 7.11 Å². The van der Waals surface area contributed by atoms with E-state index in [0.717, 1.165) is 17.1 Å². The van der Waals surface area contributed by atoms with E-state index in [0.29, 0.717) is 18.3 Å². The molecule has 0 spiro atoms. The monoisotopic (exact) mass is 239 g/mol. The lowest BCUT2D eigenvalue weighted by molar-refractivity contribution is 0.204. The number of rotatable bonds is 4. The maximum Gasteiger partial charge on any atom is 0.172 e. The van der Waals surface area contributed by atoms with Crippen LogP contribution < -0.4 is 10.6 Å². The van der Waals surface area contributed by atoms with Gasteiger partial charge in [-0.2, -0.15) is 0 Å². The Morgan fingerprint density at radius 2 is 2.19 bits per heavy atom. The van der Waals surface area contributed by atoms with Crippen molar-refractivity contribution in [3.8, 4) is 0 Å². The molecule has 4 nitrogen and oxygen atoms in total. The van der Waals surface area contributed by atoms with E-state index in [4.69, 9.17) is 17.0 Å². The molecule has 0 aliphatic heterocycles. The van der Waals surface area contributed by atoms with Gasteiger partial charge in [0.05, 0.1) is 6.61 Å². The van der Waals surface area contributed by atoms with Crippen molar-refractivity contribution in [1.82, 2.24) is 10.3 Å². The molecular formula is C11H17N3OS. The lowest BCUT2D eigenvalue weighted by Crippen LogP contribution is -2.31. The van der Waals surface area contributed by atoms with Gasteiger partial charge in [0.15, 0.2) is 5.11 Å². The van der Waals surface area contributed by atoms with Gasteiger partial charge in [-0.1, -0.05) is 0 Å². The average Bonchev–Trinajstić information content (AvgIpc) is 2.16. The molecular weight excluding hydrogens is 222 g/mol. The molecule has 0 saturated heterocycles. The lowest BCUT2D eigenvalue weighted by Gasteiger charge is -2.10. The zero-order valence-electron chi connectivity index (χ0n) is 9.83. The van der Waals surface area contributed by atoms with E-state index in [1.165, 1.54) is 0 Å². The van der Waals surface area contributed by atoms with Crippen molar-refractivity contribution in [3.05, 3.63) is 23.4 Å². The Labute approximate surface area is 101 Å². The molecule has 0 bridgehead atoms. The molecule has 1 heterocycles. The number of pyridine rings is 1. The molecule has 88 valence electrons. The smallest absolute Gasteiger partial charge is 0.172 e. The van der Waals surface area contributed by atoms with Gasteiger partial charge in [0.2, 0.25) is 0 Å². The van der Waals surface area contributed by atoms with Gasteiger partial charge in [-0.25, -0.2) is 4.98 Å². The Hall–Kier alpha value is -1.20. The largest absolute Gasteiger partial charge is 0.383 e. The van der Waals surface area contributed by atoms with Crippen LogP contribution in [0.25, 0.3) is 0 Å². The Balaban J connectivity index is 2.49. The van der Waals surface area contributed by atoms with E-state index in [2.05, 4.69) is 15.6 Å². The number of thiocarbonyl (C=S) groups is 1. The molecule has 0 saturated carbocycles. The molecule has 0 aliphatic carbocycles. The maximum absolute atomic E-state index is 5.12. The molecule has 0 atom stereocenters. The second-order valence-corrected chi connectivity index (χ2v) is 3.95. The summed E-state index contributed by atoms with van der Waals surface area (Å²) < 4.78 is 4.92. The second-order valence-electron chi connectivity index (χ2n) is 3.54. The summed E-state index contributed by atoms with van der Waals surface area (Å²) in [6.07, 6.45) is 0. The number of aryl methyl sites for hydroxylation is 2. The van der Waals surface area contributed by atoms with Crippen LogP contribution in [0, 0.1) is 13.8 Å². The number of hydrogen-bond acceptors (Lipinski definition) is 3. The third-order valence-electron chi connectivity index (χ3n) is 1.93. The minimum atomic E-state index is 0.564. The molecule has 0 fully saturated rings. The van der Waals surface area contributed by atoms with Crippen LogP contribution in [-0.2, 0) is 4.74 Å². The van der Waals surface area contributed by atoms with Gasteiger partial charge in [-0.05, 0) is 43.8 Å². The Bertz CT molecular complexity index is 348. The van der Waals surface area contributed by atoms with E-state index < -0.39 is 0 Å². The second kappa shape index (κ2) is 6.40. The SMILES string of the molecule is COCCNC(=S)Nc1cc(C)cc(C)n1. The quantitative estimate of drug-likeness (QED) is 0.618. The number of nitrogens with one attached hydrogen (secondary N) is 2. The van der Waals surface area contributed by atoms with Crippen LogP contribution in [0.2, 0.25) is 0 Å². The predicted molar refractivity (Wildman–Crippen MR) is 69.8 cm³/mol. The number of nitrogens with zero attached hydrogens (tertiary/aromatic N) is 1. The average molecular weight is 239 g/mol. The van der Waals surface area contributed by atoms with Gasteiger partial charge in [0, 0.05) is 19.3 Å². The van der Waals surface area contributed by atoms with E-state index in [1.807, 2.05) is 26.0 Å². The van der Waals surface area contributed by atoms with Crippen molar-refractivity contribution >= 4 is 23.1 Å². The summed E-state index contributed by atoms with van der Waals surface area (Å²) in [4.78, 5) is 4.33. The zero-order chi connectivity index (χ0) is 12.0. The minimum Gasteiger partial charge on any atom is -0.383 e. The van der Waals surface area contributed by atoms with E-state index in [9.17, 15) is 0 Å². The first kappa shape index (κ1) is 12.9. The van der Waals surface area contributed by atoms with Gasteiger partial charge < -0.3 is 15.4 Å². The van der Waals surface area contributed by atoms with Gasteiger partial charge in [0.25, 0.3) is 0 Å². The summed E-state index contributed by atoms with van der Waals surface area (Å²) in [7, 11) is 1.66. The lowest BCUT2D eigenvalue weighted by atomic mass is 10.2. The highest BCUT2D eigenvalue weighted by Gasteiger charge is 1.99. The van der Waals surface area contributed by atoms with Crippen molar-refractivity contribution in [1.29, 1.82) is 0 Å². The minimum absolute atomic E-state index is 0.564. The molecule has 0 unspecified atom stereocenters. The van der Waals surface area contributed by atoms with Crippen LogP contribution in [-0.4, -0.2) is 30.4 Å². The van der Waals surface area contributed by atoms with Crippen molar-refractivity contribution in [3.63, 3.8) is 0 Å². The van der Waals surface area contributed by atoms with Crippen LogP contribution in [0.4, 0.5) is 5.82 Å². The highest BCUT2D eigenvalue weighted by molar-refractivity contribution is 7.80. The fourth-order valence-electron chi connectivity index (χ4n) is 1.33. The molecule has 0 aliphatic rings. The summed E-state index contributed by atoms with van der Waals surface area (Å²) in [6, 6.07) is 3.98. The summed E-state index contributed by atoms with van der Waals surface area (Å²) in [6.45, 7) is 5.30. The fraction of sp³-hybridized carbons (Fsp3) is 0.455. The Kier molecular flexibility index (Phi) is 5.14. The van der Waals surface area contributed by atoms with Gasteiger partial charge >= 0.3 is 0 Å². The van der Waals surface area contributed by atoms with E-state index in [-0.39, 0.29) is 0 Å². The first-order valence-electron chi connectivity index (χ1n) is 5.11. The maximum atomic E-state index is 5.12. The number of ether oxygens (including phenoxy) is 1. The standard InChI is InChI=1S/C11H17N3OS/c1-8-6-9(2)13-10(7-8)14-11(16)12-4-5-15-3/h6-7H,4-5H2,1-3H3,(H2,12,13,14,16). The molecule has 5 heteroatoms. The van der Waals surface area contributed by atoms with Crippen LogP contribution in [0.5, 0.6) is 0 Å². The molecule has 1 rings (SSSR count). The molecule has 1 aromatic rings. The van der Waals surface area contributed by atoms with Crippen molar-refractivity contribution in [2.24, 2.45) is 0 Å². The first-order chi connectivity index (χ1) is 7.61. The third kappa shape index (κ3) is 4.55. The predicted octanol–water partition coefficient (Wildman–Crippen LogP) is 1.63.